The van der Waals surface area contributed by atoms with Crippen molar-refractivity contribution < 1.29 is 4.79 Å². The summed E-state index contributed by atoms with van der Waals surface area (Å²) in [6.07, 6.45) is 2.87. The number of aromatic amines is 1. The molecule has 1 aromatic carbocycles. The van der Waals surface area contributed by atoms with E-state index in [1.54, 1.807) is 11.3 Å². The molecule has 0 spiro atoms. The van der Waals surface area contributed by atoms with Gasteiger partial charge in [-0.05, 0) is 56.0 Å². The third-order valence-corrected chi connectivity index (χ3v) is 5.14. The summed E-state index contributed by atoms with van der Waals surface area (Å²) in [5, 5.41) is 4.25. The van der Waals surface area contributed by atoms with Crippen LogP contribution >= 0.6 is 11.3 Å². The zero-order valence-corrected chi connectivity index (χ0v) is 13.9. The maximum absolute atomic E-state index is 12.1. The second kappa shape index (κ2) is 5.97. The zero-order chi connectivity index (χ0) is 15.7. The van der Waals surface area contributed by atoms with Gasteiger partial charge in [-0.1, -0.05) is 12.1 Å². The molecule has 0 bridgehead atoms. The summed E-state index contributed by atoms with van der Waals surface area (Å²) < 4.78 is 0. The number of benzene rings is 1. The van der Waals surface area contributed by atoms with Gasteiger partial charge in [0.25, 0.3) is 5.91 Å². The Hall–Kier alpha value is -2.07. The van der Waals surface area contributed by atoms with E-state index < -0.39 is 0 Å². The molecule has 3 nitrogen and oxygen atoms in total. The van der Waals surface area contributed by atoms with E-state index in [4.69, 9.17) is 0 Å². The van der Waals surface area contributed by atoms with Gasteiger partial charge in [0.15, 0.2) is 0 Å². The normalized spacial score (nSPS) is 11.0. The van der Waals surface area contributed by atoms with Crippen LogP contribution in [0.3, 0.4) is 0 Å². The average Bonchev–Trinajstić information content (AvgIpc) is 3.03. The number of nitrogens with one attached hydrogen (secondary N) is 2. The van der Waals surface area contributed by atoms with Gasteiger partial charge < -0.3 is 10.3 Å². The maximum Gasteiger partial charge on any atom is 0.261 e. The van der Waals surface area contributed by atoms with E-state index in [1.807, 2.05) is 26.1 Å². The predicted molar refractivity (Wildman–Crippen MR) is 92.9 cm³/mol. The maximum atomic E-state index is 12.1. The van der Waals surface area contributed by atoms with Crippen LogP contribution in [0.15, 0.2) is 30.5 Å². The lowest BCUT2D eigenvalue weighted by atomic mass is 10.1. The second-order valence-corrected chi connectivity index (χ2v) is 6.98. The van der Waals surface area contributed by atoms with Crippen LogP contribution in [0, 0.1) is 20.8 Å². The Morgan fingerprint density at radius 3 is 2.77 bits per heavy atom. The topological polar surface area (TPSA) is 44.9 Å². The van der Waals surface area contributed by atoms with Gasteiger partial charge in [0, 0.05) is 28.5 Å². The first-order valence-corrected chi connectivity index (χ1v) is 8.28. The molecule has 0 atom stereocenters. The summed E-state index contributed by atoms with van der Waals surface area (Å²) in [5.41, 5.74) is 4.83. The second-order valence-electron chi connectivity index (χ2n) is 5.72. The molecule has 1 amide bonds. The van der Waals surface area contributed by atoms with Gasteiger partial charge in [0.2, 0.25) is 0 Å². The number of carbonyl (C=O) groups is 1. The van der Waals surface area contributed by atoms with Crippen LogP contribution in [-0.4, -0.2) is 17.4 Å². The predicted octanol–water partition coefficient (Wildman–Crippen LogP) is 4.13. The summed E-state index contributed by atoms with van der Waals surface area (Å²) in [6.45, 7) is 6.82. The minimum Gasteiger partial charge on any atom is -0.361 e. The number of H-pyrrole nitrogens is 1. The molecule has 2 aromatic heterocycles. The van der Waals surface area contributed by atoms with Crippen molar-refractivity contribution in [3.63, 3.8) is 0 Å². The number of aromatic nitrogens is 1. The molecule has 2 heterocycles. The Balaban J connectivity index is 1.63. The van der Waals surface area contributed by atoms with E-state index in [2.05, 4.69) is 35.4 Å². The molecule has 0 aliphatic rings. The van der Waals surface area contributed by atoms with Gasteiger partial charge >= 0.3 is 0 Å². The Morgan fingerprint density at radius 1 is 1.23 bits per heavy atom. The smallest absolute Gasteiger partial charge is 0.261 e. The number of aryl methyl sites for hydroxylation is 3. The highest BCUT2D eigenvalue weighted by atomic mass is 32.1. The van der Waals surface area contributed by atoms with E-state index in [1.165, 1.54) is 27.0 Å². The lowest BCUT2D eigenvalue weighted by Gasteiger charge is -2.03. The Labute approximate surface area is 134 Å². The van der Waals surface area contributed by atoms with Crippen molar-refractivity contribution in [3.05, 3.63) is 56.9 Å². The molecule has 3 aromatic rings. The molecule has 0 saturated heterocycles. The largest absolute Gasteiger partial charge is 0.361 e. The number of amides is 1. The van der Waals surface area contributed by atoms with Gasteiger partial charge in [-0.15, -0.1) is 11.3 Å². The first kappa shape index (κ1) is 14.9. The van der Waals surface area contributed by atoms with Gasteiger partial charge in [-0.25, -0.2) is 0 Å². The first-order valence-electron chi connectivity index (χ1n) is 7.46. The van der Waals surface area contributed by atoms with E-state index in [9.17, 15) is 4.79 Å². The van der Waals surface area contributed by atoms with Crippen molar-refractivity contribution >= 4 is 28.1 Å². The molecular formula is C18H20N2OS. The Morgan fingerprint density at radius 2 is 2.05 bits per heavy atom. The molecule has 22 heavy (non-hydrogen) atoms. The molecule has 4 heteroatoms. The van der Waals surface area contributed by atoms with Crippen molar-refractivity contribution in [2.45, 2.75) is 27.2 Å². The number of hydrogen-bond donors (Lipinski definition) is 2. The minimum absolute atomic E-state index is 0.0249. The van der Waals surface area contributed by atoms with Gasteiger partial charge in [-0.2, -0.15) is 0 Å². The SMILES string of the molecule is Cc1ccc2c(CCNC(=O)c3cc(C)c(C)s3)c[nH]c2c1. The zero-order valence-electron chi connectivity index (χ0n) is 13.1. The number of hydrogen-bond acceptors (Lipinski definition) is 2. The molecule has 114 valence electrons. The fraction of sp³-hybridized carbons (Fsp3) is 0.278. The summed E-state index contributed by atoms with van der Waals surface area (Å²) >= 11 is 1.56. The van der Waals surface area contributed by atoms with Gasteiger partial charge in [0.05, 0.1) is 4.88 Å². The fourth-order valence-corrected chi connectivity index (χ4v) is 3.54. The number of carbonyl (C=O) groups excluding carboxylic acids is 1. The molecule has 3 rings (SSSR count). The molecule has 0 aliphatic heterocycles. The van der Waals surface area contributed by atoms with E-state index in [0.29, 0.717) is 6.54 Å². The van der Waals surface area contributed by atoms with Crippen LogP contribution in [0.1, 0.15) is 31.2 Å². The molecule has 0 fully saturated rings. The van der Waals surface area contributed by atoms with E-state index in [-0.39, 0.29) is 5.91 Å². The van der Waals surface area contributed by atoms with Crippen LogP contribution in [0.2, 0.25) is 0 Å². The van der Waals surface area contributed by atoms with Crippen molar-refractivity contribution in [3.8, 4) is 0 Å². The molecule has 0 radical (unpaired) electrons. The van der Waals surface area contributed by atoms with E-state index >= 15 is 0 Å². The Bertz CT molecular complexity index is 809. The number of thiophene rings is 1. The Kier molecular flexibility index (Phi) is 4.03. The molecular weight excluding hydrogens is 292 g/mol. The summed E-state index contributed by atoms with van der Waals surface area (Å²) in [7, 11) is 0. The van der Waals surface area contributed by atoms with Crippen molar-refractivity contribution in [1.82, 2.24) is 10.3 Å². The summed E-state index contributed by atoms with van der Waals surface area (Å²) in [4.78, 5) is 17.4. The standard InChI is InChI=1S/C18H20N2OS/c1-11-4-5-15-14(10-20-16(15)8-11)6-7-19-18(21)17-9-12(2)13(3)22-17/h4-5,8-10,20H,6-7H2,1-3H3,(H,19,21). The minimum atomic E-state index is 0.0249. The first-order chi connectivity index (χ1) is 10.5. The molecule has 2 N–H and O–H groups in total. The van der Waals surface area contributed by atoms with Gasteiger partial charge in [-0.3, -0.25) is 4.79 Å². The monoisotopic (exact) mass is 312 g/mol. The molecule has 0 unspecified atom stereocenters. The van der Waals surface area contributed by atoms with Crippen LogP contribution in [-0.2, 0) is 6.42 Å². The van der Waals surface area contributed by atoms with Crippen molar-refractivity contribution in [2.75, 3.05) is 6.54 Å². The van der Waals surface area contributed by atoms with E-state index in [0.717, 1.165) is 16.8 Å². The van der Waals surface area contributed by atoms with Crippen LogP contribution in [0.25, 0.3) is 10.9 Å². The lowest BCUT2D eigenvalue weighted by molar-refractivity contribution is 0.0958. The average molecular weight is 312 g/mol. The number of rotatable bonds is 4. The molecule has 0 aliphatic carbocycles. The third kappa shape index (κ3) is 2.92. The van der Waals surface area contributed by atoms with Crippen LogP contribution < -0.4 is 5.32 Å². The van der Waals surface area contributed by atoms with Gasteiger partial charge in [0.1, 0.15) is 0 Å². The third-order valence-electron chi connectivity index (χ3n) is 3.99. The summed E-state index contributed by atoms with van der Waals surface area (Å²) in [5.74, 6) is 0.0249. The highest BCUT2D eigenvalue weighted by Gasteiger charge is 2.10. The fourth-order valence-electron chi connectivity index (χ4n) is 2.59. The highest BCUT2D eigenvalue weighted by molar-refractivity contribution is 7.14. The van der Waals surface area contributed by atoms with Crippen molar-refractivity contribution in [1.29, 1.82) is 0 Å². The highest BCUT2D eigenvalue weighted by Crippen LogP contribution is 2.21. The quantitative estimate of drug-likeness (QED) is 0.747. The van der Waals surface area contributed by atoms with Crippen molar-refractivity contribution in [2.24, 2.45) is 0 Å². The van der Waals surface area contributed by atoms with Crippen LogP contribution in [0.4, 0.5) is 0 Å². The molecule has 0 saturated carbocycles. The number of fused-ring (bicyclic) bond motifs is 1. The summed E-state index contributed by atoms with van der Waals surface area (Å²) in [6, 6.07) is 8.37. The van der Waals surface area contributed by atoms with Crippen LogP contribution in [0.5, 0.6) is 0 Å². The lowest BCUT2D eigenvalue weighted by Crippen LogP contribution is -2.24.